The van der Waals surface area contributed by atoms with E-state index in [-0.39, 0.29) is 80.3 Å². The third-order valence-corrected chi connectivity index (χ3v) is 0. The van der Waals surface area contributed by atoms with Crippen molar-refractivity contribution in [3.8, 4) is 0 Å². The second kappa shape index (κ2) is 26.5. The Balaban J connectivity index is -0.00000000167. The molecule has 0 amide bonds. The van der Waals surface area contributed by atoms with Crippen LogP contribution in [-0.2, 0) is 37.6 Å². The monoisotopic (exact) mass is 209 g/mol. The summed E-state index contributed by atoms with van der Waals surface area (Å²) in [5.74, 6) is 0. The Morgan fingerprint density at radius 3 is 1.20 bits per heavy atom. The van der Waals surface area contributed by atoms with Crippen LogP contribution in [-0.4, -0.2) is 67.1 Å². The fourth-order valence-electron chi connectivity index (χ4n) is 0. The summed E-state index contributed by atoms with van der Waals surface area (Å²) in [5, 5.41) is 0. The van der Waals surface area contributed by atoms with Crippen molar-refractivity contribution in [2.75, 3.05) is 0 Å². The molecule has 0 aliphatic heterocycles. The molecular formula is H6BCaMgZn2. The maximum Gasteiger partial charge on any atom is 0.316 e. The van der Waals surface area contributed by atoms with Gasteiger partial charge in [-0.25, -0.2) is 0 Å². The third-order valence-electron chi connectivity index (χ3n) is 0. The van der Waals surface area contributed by atoms with Crippen LogP contribution in [0.25, 0.3) is 0 Å². The van der Waals surface area contributed by atoms with Gasteiger partial charge in [-0.1, -0.05) is 0 Å². The Morgan fingerprint density at radius 1 is 1.20 bits per heavy atom. The Hall–Kier alpha value is 3.34. The van der Waals surface area contributed by atoms with Gasteiger partial charge in [-0.05, 0) is 0 Å². The van der Waals surface area contributed by atoms with Crippen molar-refractivity contribution in [3.63, 3.8) is 0 Å². The van der Waals surface area contributed by atoms with Crippen LogP contribution in [0.1, 0.15) is 0 Å². The molecule has 0 saturated heterocycles. The van der Waals surface area contributed by atoms with Crippen LogP contribution in [0.3, 0.4) is 0 Å². The largest absolute Gasteiger partial charge is 0.316 e. The molecule has 0 aliphatic carbocycles. The van der Waals surface area contributed by atoms with Crippen LogP contribution in [0.2, 0.25) is 0 Å². The normalized spacial score (nSPS) is 1.20. The average Bonchev–Trinajstić information content (AvgIpc) is 1.00. The van der Waals surface area contributed by atoms with E-state index in [9.17, 15) is 0 Å². The van der Waals surface area contributed by atoms with Crippen LogP contribution >= 0.6 is 0 Å². The maximum absolute atomic E-state index is 2.12. The molecule has 0 fully saturated rings. The van der Waals surface area contributed by atoms with Gasteiger partial charge < -0.3 is 0 Å². The van der Waals surface area contributed by atoms with Crippen LogP contribution in [0, 0.1) is 0 Å². The molecule has 5 heavy (non-hydrogen) atoms. The molecule has 0 saturated carbocycles. The predicted molar refractivity (Wildman–Crippen MR) is 25.6 cm³/mol. The summed E-state index contributed by atoms with van der Waals surface area (Å²) in [5.41, 5.74) is 0. The minimum atomic E-state index is 0. The number of hydrogen-bond acceptors (Lipinski definition) is 0. The van der Waals surface area contributed by atoms with Crippen molar-refractivity contribution >= 4 is 67.1 Å². The minimum absolute atomic E-state index is 0. The molecule has 17 valence electrons. The molecule has 0 N–H and O–H groups in total. The van der Waals surface area contributed by atoms with Gasteiger partial charge in [-0.15, -0.1) is 0 Å². The van der Waals surface area contributed by atoms with Gasteiger partial charge in [-0.3, -0.25) is 0 Å². The van der Waals surface area contributed by atoms with Crippen molar-refractivity contribution in [2.45, 2.75) is 0 Å². The first-order chi connectivity index (χ1) is 1.00. The first-order valence-corrected chi connectivity index (χ1v) is 3.67. The smallest absolute Gasteiger partial charge is 0 e. The molecule has 0 heterocycles. The van der Waals surface area contributed by atoms with Crippen LogP contribution in [0.5, 0.6) is 0 Å². The topological polar surface area (TPSA) is 0 Å². The van der Waals surface area contributed by atoms with Crippen molar-refractivity contribution < 1.29 is 37.6 Å². The van der Waals surface area contributed by atoms with Gasteiger partial charge in [0.1, 0.15) is 0 Å². The summed E-state index contributed by atoms with van der Waals surface area (Å²) in [6.07, 6.45) is 2.12. The van der Waals surface area contributed by atoms with Crippen molar-refractivity contribution in [1.82, 2.24) is 0 Å². The van der Waals surface area contributed by atoms with E-state index in [1.807, 2.05) is 0 Å². The van der Waals surface area contributed by atoms with Crippen molar-refractivity contribution in [2.24, 2.45) is 0 Å². The van der Waals surface area contributed by atoms with E-state index in [1.165, 1.54) is 18.1 Å². The van der Waals surface area contributed by atoms with Crippen LogP contribution < -0.4 is 0 Å². The molecule has 0 aromatic heterocycles. The number of hydrogen-bond donors (Lipinski definition) is 0. The third kappa shape index (κ3) is 18.8. The number of rotatable bonds is 0. The minimum Gasteiger partial charge on any atom is 0 e. The summed E-state index contributed by atoms with van der Waals surface area (Å²) in [6, 6.07) is 0. The Kier molecular flexibility index (Phi) is 126. The van der Waals surface area contributed by atoms with Crippen molar-refractivity contribution in [3.05, 3.63) is 0 Å². The standard InChI is InChI=1S/BH2.Ca.Mg.2Zn.4H/h1H2;;;;;;;;/q+1;;;;-1;;;;. The van der Waals surface area contributed by atoms with E-state index < -0.39 is 0 Å². The molecular weight excluding hydrogens is 206 g/mol. The van der Waals surface area contributed by atoms with E-state index in [0.717, 1.165) is 0 Å². The summed E-state index contributed by atoms with van der Waals surface area (Å²) in [6.45, 7) is 0. The van der Waals surface area contributed by atoms with Crippen molar-refractivity contribution in [1.29, 1.82) is 0 Å². The zero-order chi connectivity index (χ0) is 2.00. The maximum atomic E-state index is 2.12. The zero-order valence-electron chi connectivity index (χ0n) is 2.41. The van der Waals surface area contributed by atoms with Gasteiger partial charge in [-0.2, -0.15) is 0 Å². The van der Waals surface area contributed by atoms with E-state index in [2.05, 4.69) is 6.33 Å². The van der Waals surface area contributed by atoms with Gasteiger partial charge in [0.15, 0.2) is 0 Å². The van der Waals surface area contributed by atoms with E-state index in [4.69, 9.17) is 0 Å². The molecule has 0 atom stereocenters. The molecule has 0 aromatic rings. The van der Waals surface area contributed by atoms with E-state index in [0.29, 0.717) is 0 Å². The van der Waals surface area contributed by atoms with Gasteiger partial charge in [0.05, 0.1) is 0 Å². The summed E-state index contributed by atoms with van der Waals surface area (Å²) < 4.78 is 0. The quantitative estimate of drug-likeness (QED) is 0.382. The van der Waals surface area contributed by atoms with E-state index >= 15 is 0 Å². The molecule has 0 radical (unpaired) electrons. The predicted octanol–water partition coefficient (Wildman–Crippen LogP) is -2.75. The van der Waals surface area contributed by atoms with Crippen LogP contribution in [0.15, 0.2) is 0 Å². The van der Waals surface area contributed by atoms with Gasteiger partial charge >= 0.3 is 85.2 Å². The molecule has 0 aromatic carbocycles. The Labute approximate surface area is 102 Å². The average molecular weight is 212 g/mol. The molecule has 0 unspecified atom stereocenters. The van der Waals surface area contributed by atoms with Gasteiger partial charge in [0, 0.05) is 19.5 Å². The van der Waals surface area contributed by atoms with Gasteiger partial charge in [0.25, 0.3) is 0 Å². The molecule has 0 aliphatic rings. The van der Waals surface area contributed by atoms with Gasteiger partial charge in [0.2, 0.25) is 0 Å². The fraction of sp³-hybridized carbons (Fsp3) is 0. The first kappa shape index (κ1) is 23.9. The summed E-state index contributed by atoms with van der Waals surface area (Å²) >= 11 is 1.38. The zero-order valence-corrected chi connectivity index (χ0v) is 8.35. The fourth-order valence-corrected chi connectivity index (χ4v) is 0. The molecule has 0 spiro atoms. The molecule has 5 heteroatoms. The Bertz CT molecular complexity index is 9.61. The Morgan fingerprint density at radius 2 is 1.20 bits per heavy atom. The molecule has 0 nitrogen and oxygen atoms in total. The van der Waals surface area contributed by atoms with Crippen LogP contribution in [0.4, 0.5) is 0 Å². The van der Waals surface area contributed by atoms with E-state index in [1.54, 1.807) is 0 Å². The molecule has 0 rings (SSSR count). The second-order valence-electron chi connectivity index (χ2n) is 0. The first-order valence-electron chi connectivity index (χ1n) is 0.707. The summed E-state index contributed by atoms with van der Waals surface area (Å²) in [7, 11) is 0. The molecule has 0 bridgehead atoms. The summed E-state index contributed by atoms with van der Waals surface area (Å²) in [4.78, 5) is 0. The second-order valence-corrected chi connectivity index (χ2v) is 0. The SMILES string of the molecule is [BH2][Zn].[CaH2].[MgH2].[Zn].